The van der Waals surface area contributed by atoms with Crippen molar-refractivity contribution in [2.24, 2.45) is 0 Å². The maximum atomic E-state index is 13.3. The van der Waals surface area contributed by atoms with Crippen LogP contribution in [0, 0.1) is 5.82 Å². The van der Waals surface area contributed by atoms with Crippen LogP contribution in [0.2, 0.25) is 0 Å². The Labute approximate surface area is 92.9 Å². The van der Waals surface area contributed by atoms with Crippen molar-refractivity contribution < 1.29 is 31.8 Å². The Hall–Kier alpha value is -1.99. The van der Waals surface area contributed by atoms with Gasteiger partial charge in [-0.15, -0.1) is 13.2 Å². The molecule has 8 heteroatoms. The van der Waals surface area contributed by atoms with Gasteiger partial charge in [0.15, 0.2) is 11.6 Å². The van der Waals surface area contributed by atoms with Crippen LogP contribution in [0.3, 0.4) is 0 Å². The van der Waals surface area contributed by atoms with Gasteiger partial charge < -0.3 is 15.2 Å². The van der Waals surface area contributed by atoms with Crippen molar-refractivity contribution in [3.63, 3.8) is 0 Å². The monoisotopic (exact) mass is 253 g/mol. The molecule has 4 nitrogen and oxygen atoms in total. The lowest BCUT2D eigenvalue weighted by Gasteiger charge is -2.13. The van der Waals surface area contributed by atoms with Gasteiger partial charge in [0.2, 0.25) is 0 Å². The smallest absolute Gasteiger partial charge is 0.465 e. The zero-order valence-electron chi connectivity index (χ0n) is 8.47. The third kappa shape index (κ3) is 2.99. The highest BCUT2D eigenvalue weighted by Crippen LogP contribution is 2.32. The average Bonchev–Trinajstić information content (AvgIpc) is 2.22. The van der Waals surface area contributed by atoms with Gasteiger partial charge in [-0.1, -0.05) is 0 Å². The summed E-state index contributed by atoms with van der Waals surface area (Å²) < 4.78 is 57.0. The Kier molecular flexibility index (Phi) is 3.45. The van der Waals surface area contributed by atoms with E-state index in [1.807, 2.05) is 0 Å². The first-order valence-corrected chi connectivity index (χ1v) is 4.18. The minimum Gasteiger partial charge on any atom is -0.465 e. The predicted octanol–water partition coefficient (Wildman–Crippen LogP) is 2.09. The molecule has 0 bridgehead atoms. The summed E-state index contributed by atoms with van der Waals surface area (Å²) in [5.74, 6) is -3.93. The van der Waals surface area contributed by atoms with Crippen LogP contribution in [-0.4, -0.2) is 19.4 Å². The highest BCUT2D eigenvalue weighted by atomic mass is 19.4. The first-order chi connectivity index (χ1) is 7.76. The average molecular weight is 253 g/mol. The Morgan fingerprint density at radius 3 is 2.41 bits per heavy atom. The Morgan fingerprint density at radius 1 is 1.35 bits per heavy atom. The second-order valence-electron chi connectivity index (χ2n) is 2.88. The first kappa shape index (κ1) is 13.1. The number of carbonyl (C=O) groups excluding carboxylic acids is 1. The molecule has 94 valence electrons. The number of nitrogens with two attached hydrogens (primary N) is 1. The fourth-order valence-corrected chi connectivity index (χ4v) is 1.06. The molecule has 0 radical (unpaired) electrons. The summed E-state index contributed by atoms with van der Waals surface area (Å²) in [6.45, 7) is 0. The van der Waals surface area contributed by atoms with Crippen molar-refractivity contribution in [1.82, 2.24) is 0 Å². The van der Waals surface area contributed by atoms with E-state index in [0.29, 0.717) is 0 Å². The summed E-state index contributed by atoms with van der Waals surface area (Å²) in [6, 6.07) is 1.82. The van der Waals surface area contributed by atoms with Gasteiger partial charge in [-0.3, -0.25) is 0 Å². The molecule has 0 aliphatic rings. The molecule has 0 saturated carbocycles. The van der Waals surface area contributed by atoms with E-state index in [-0.39, 0.29) is 0 Å². The highest BCUT2D eigenvalue weighted by Gasteiger charge is 2.35. The zero-order valence-corrected chi connectivity index (χ0v) is 8.47. The summed E-state index contributed by atoms with van der Waals surface area (Å²) in [5.41, 5.74) is 3.81. The van der Waals surface area contributed by atoms with E-state index in [1.54, 1.807) is 0 Å². The van der Waals surface area contributed by atoms with Crippen LogP contribution >= 0.6 is 0 Å². The summed E-state index contributed by atoms with van der Waals surface area (Å²) in [4.78, 5) is 11.1. The fourth-order valence-electron chi connectivity index (χ4n) is 1.06. The minimum atomic E-state index is -5.14. The number of carbonyl (C=O) groups is 1. The van der Waals surface area contributed by atoms with Crippen LogP contribution < -0.4 is 10.5 Å². The lowest BCUT2D eigenvalue weighted by atomic mass is 10.1. The van der Waals surface area contributed by atoms with E-state index in [9.17, 15) is 22.4 Å². The molecule has 1 rings (SSSR count). The molecule has 0 saturated heterocycles. The van der Waals surface area contributed by atoms with E-state index in [4.69, 9.17) is 5.73 Å². The van der Waals surface area contributed by atoms with Gasteiger partial charge in [0.05, 0.1) is 12.8 Å². The van der Waals surface area contributed by atoms with Gasteiger partial charge in [-0.05, 0) is 12.1 Å². The molecule has 0 spiro atoms. The van der Waals surface area contributed by atoms with Gasteiger partial charge in [-0.2, -0.15) is 0 Å². The van der Waals surface area contributed by atoms with Crippen molar-refractivity contribution in [3.05, 3.63) is 23.5 Å². The van der Waals surface area contributed by atoms with E-state index in [0.717, 1.165) is 19.2 Å². The summed E-state index contributed by atoms with van der Waals surface area (Å²) in [7, 11) is 0.938. The van der Waals surface area contributed by atoms with Gasteiger partial charge in [-0.25, -0.2) is 9.18 Å². The Balaban J connectivity index is 3.31. The number of hydrogen-bond acceptors (Lipinski definition) is 4. The normalized spacial score (nSPS) is 11.1. The summed E-state index contributed by atoms with van der Waals surface area (Å²) >= 11 is 0. The maximum absolute atomic E-state index is 13.3. The molecule has 17 heavy (non-hydrogen) atoms. The van der Waals surface area contributed by atoms with E-state index in [1.165, 1.54) is 0 Å². The van der Waals surface area contributed by atoms with Gasteiger partial charge in [0.25, 0.3) is 0 Å². The highest BCUT2D eigenvalue weighted by molar-refractivity contribution is 5.93. The van der Waals surface area contributed by atoms with Crippen LogP contribution in [0.15, 0.2) is 12.1 Å². The van der Waals surface area contributed by atoms with Crippen LogP contribution in [0.5, 0.6) is 5.75 Å². The zero-order chi connectivity index (χ0) is 13.2. The molecule has 0 amide bonds. The molecule has 0 aliphatic carbocycles. The van der Waals surface area contributed by atoms with Crippen LogP contribution in [0.4, 0.5) is 23.2 Å². The topological polar surface area (TPSA) is 61.5 Å². The number of nitrogen functional groups attached to an aromatic ring is 1. The fraction of sp³-hybridized carbons (Fsp3) is 0.222. The molecule has 0 aromatic heterocycles. The van der Waals surface area contributed by atoms with Crippen LogP contribution in [-0.2, 0) is 4.74 Å². The second-order valence-corrected chi connectivity index (χ2v) is 2.88. The van der Waals surface area contributed by atoms with Crippen molar-refractivity contribution in [2.75, 3.05) is 12.8 Å². The SMILES string of the molecule is COC(=O)c1ccc(N)c(F)c1OC(F)(F)F. The standard InChI is InChI=1S/C9H7F4NO3/c1-16-8(15)4-2-3-5(14)6(10)7(4)17-9(11,12)13/h2-3H,14H2,1H3. The second kappa shape index (κ2) is 4.48. The lowest BCUT2D eigenvalue weighted by molar-refractivity contribution is -0.275. The molecular formula is C9H7F4NO3. The molecule has 1 aromatic rings. The van der Waals surface area contributed by atoms with E-state index >= 15 is 0 Å². The number of ether oxygens (including phenoxy) is 2. The molecule has 0 atom stereocenters. The van der Waals surface area contributed by atoms with Gasteiger partial charge in [0.1, 0.15) is 5.56 Å². The molecule has 0 heterocycles. The number of esters is 1. The number of alkyl halides is 3. The van der Waals surface area contributed by atoms with Crippen LogP contribution in [0.25, 0.3) is 0 Å². The summed E-state index contributed by atoms with van der Waals surface area (Å²) in [6.07, 6.45) is -5.14. The molecule has 0 fully saturated rings. The molecular weight excluding hydrogens is 246 g/mol. The predicted molar refractivity (Wildman–Crippen MR) is 48.8 cm³/mol. The van der Waals surface area contributed by atoms with Crippen LogP contribution in [0.1, 0.15) is 10.4 Å². The summed E-state index contributed by atoms with van der Waals surface area (Å²) in [5, 5.41) is 0. The maximum Gasteiger partial charge on any atom is 0.573 e. The number of methoxy groups -OCH3 is 1. The first-order valence-electron chi connectivity index (χ1n) is 4.18. The van der Waals surface area contributed by atoms with Crippen molar-refractivity contribution in [1.29, 1.82) is 0 Å². The largest absolute Gasteiger partial charge is 0.573 e. The number of halogens is 4. The van der Waals surface area contributed by atoms with Crippen molar-refractivity contribution >= 4 is 11.7 Å². The Morgan fingerprint density at radius 2 is 1.94 bits per heavy atom. The number of hydrogen-bond donors (Lipinski definition) is 1. The third-order valence-electron chi connectivity index (χ3n) is 1.75. The van der Waals surface area contributed by atoms with Gasteiger partial charge in [0, 0.05) is 0 Å². The minimum absolute atomic E-state index is 0.572. The lowest BCUT2D eigenvalue weighted by Crippen LogP contribution is -2.20. The molecule has 0 aliphatic heterocycles. The van der Waals surface area contributed by atoms with Gasteiger partial charge >= 0.3 is 12.3 Å². The Bertz CT molecular complexity index is 445. The molecule has 2 N–H and O–H groups in total. The van der Waals surface area contributed by atoms with E-state index in [2.05, 4.69) is 9.47 Å². The number of rotatable bonds is 2. The third-order valence-corrected chi connectivity index (χ3v) is 1.75. The quantitative estimate of drug-likeness (QED) is 0.498. The molecule has 0 unspecified atom stereocenters. The molecule has 1 aromatic carbocycles. The van der Waals surface area contributed by atoms with E-state index < -0.39 is 35.1 Å². The number of anilines is 1. The number of benzene rings is 1. The van der Waals surface area contributed by atoms with Crippen molar-refractivity contribution in [2.45, 2.75) is 6.36 Å². The van der Waals surface area contributed by atoms with Crippen molar-refractivity contribution in [3.8, 4) is 5.75 Å².